The van der Waals surface area contributed by atoms with Crippen LogP contribution in [-0.4, -0.2) is 24.9 Å². The maximum atomic E-state index is 11.3. The summed E-state index contributed by atoms with van der Waals surface area (Å²) in [5.41, 5.74) is 0.774. The highest BCUT2D eigenvalue weighted by Gasteiger charge is 2.00. The molecule has 2 nitrogen and oxygen atoms in total. The first-order chi connectivity index (χ1) is 7.00. The lowest BCUT2D eigenvalue weighted by atomic mass is 10.2. The number of carbonyl (C=O) groups is 1. The van der Waals surface area contributed by atoms with E-state index >= 15 is 0 Å². The van der Waals surface area contributed by atoms with Crippen molar-refractivity contribution in [2.24, 2.45) is 0 Å². The van der Waals surface area contributed by atoms with Gasteiger partial charge in [0.25, 0.3) is 0 Å². The third-order valence-corrected chi connectivity index (χ3v) is 2.37. The van der Waals surface area contributed by atoms with E-state index in [4.69, 9.17) is 23.2 Å². The Hall–Kier alpha value is -0.990. The summed E-state index contributed by atoms with van der Waals surface area (Å²) in [5.74, 6) is -0.0824. The number of benzene rings is 1. The summed E-state index contributed by atoms with van der Waals surface area (Å²) in [6.07, 6.45) is 3.14. The Balaban J connectivity index is 2.85. The van der Waals surface area contributed by atoms with Crippen LogP contribution in [-0.2, 0) is 4.79 Å². The van der Waals surface area contributed by atoms with Crippen LogP contribution in [0.15, 0.2) is 24.3 Å². The van der Waals surface area contributed by atoms with Crippen molar-refractivity contribution in [2.45, 2.75) is 0 Å². The largest absolute Gasteiger partial charge is 0.345 e. The van der Waals surface area contributed by atoms with Crippen LogP contribution in [0.3, 0.4) is 0 Å². The Labute approximate surface area is 99.1 Å². The maximum absolute atomic E-state index is 11.3. The Morgan fingerprint density at radius 2 is 2.00 bits per heavy atom. The zero-order valence-corrected chi connectivity index (χ0v) is 10.0. The first-order valence-electron chi connectivity index (χ1n) is 4.35. The zero-order valence-electron chi connectivity index (χ0n) is 8.50. The van der Waals surface area contributed by atoms with Crippen molar-refractivity contribution in [3.05, 3.63) is 39.9 Å². The summed E-state index contributed by atoms with van der Waals surface area (Å²) in [7, 11) is 3.38. The summed E-state index contributed by atoms with van der Waals surface area (Å²) >= 11 is 11.7. The number of rotatable bonds is 2. The topological polar surface area (TPSA) is 20.3 Å². The van der Waals surface area contributed by atoms with E-state index in [0.717, 1.165) is 5.56 Å². The van der Waals surface area contributed by atoms with E-state index < -0.39 is 0 Å². The van der Waals surface area contributed by atoms with E-state index in [1.165, 1.54) is 11.0 Å². The van der Waals surface area contributed by atoms with Crippen LogP contribution in [0.5, 0.6) is 0 Å². The molecule has 0 bridgehead atoms. The number of hydrogen-bond donors (Lipinski definition) is 0. The van der Waals surface area contributed by atoms with Gasteiger partial charge in [-0.2, -0.15) is 0 Å². The van der Waals surface area contributed by atoms with Crippen molar-refractivity contribution in [1.29, 1.82) is 0 Å². The van der Waals surface area contributed by atoms with E-state index in [9.17, 15) is 4.79 Å². The second-order valence-electron chi connectivity index (χ2n) is 3.23. The molecule has 1 aromatic carbocycles. The monoisotopic (exact) mass is 243 g/mol. The number of hydrogen-bond acceptors (Lipinski definition) is 1. The minimum Gasteiger partial charge on any atom is -0.345 e. The average molecular weight is 244 g/mol. The molecule has 1 amide bonds. The van der Waals surface area contributed by atoms with Gasteiger partial charge in [-0.15, -0.1) is 0 Å². The Morgan fingerprint density at radius 1 is 1.33 bits per heavy atom. The molecule has 1 aromatic rings. The fraction of sp³-hybridized carbons (Fsp3) is 0.182. The molecule has 0 heterocycles. The number of carbonyl (C=O) groups excluding carboxylic acids is 1. The van der Waals surface area contributed by atoms with Crippen LogP contribution in [0.4, 0.5) is 0 Å². The Kier molecular flexibility index (Phi) is 4.18. The SMILES string of the molecule is CN(C)C(=O)C=Cc1ccc(Cl)cc1Cl. The molecule has 0 aromatic heterocycles. The second-order valence-corrected chi connectivity index (χ2v) is 4.08. The third kappa shape index (κ3) is 3.57. The molecule has 1 rings (SSSR count). The molecule has 0 saturated carbocycles. The van der Waals surface area contributed by atoms with Gasteiger partial charge in [0, 0.05) is 30.2 Å². The van der Waals surface area contributed by atoms with Gasteiger partial charge in [0.1, 0.15) is 0 Å². The van der Waals surface area contributed by atoms with Gasteiger partial charge in [-0.1, -0.05) is 29.3 Å². The lowest BCUT2D eigenvalue weighted by Crippen LogP contribution is -2.18. The quantitative estimate of drug-likeness (QED) is 0.732. The molecular formula is C11H11Cl2NO. The van der Waals surface area contributed by atoms with Crippen LogP contribution < -0.4 is 0 Å². The molecule has 0 aliphatic heterocycles. The molecular weight excluding hydrogens is 233 g/mol. The summed E-state index contributed by atoms with van der Waals surface area (Å²) in [5, 5.41) is 1.11. The first-order valence-corrected chi connectivity index (χ1v) is 5.10. The van der Waals surface area contributed by atoms with E-state index in [2.05, 4.69) is 0 Å². The Bertz CT molecular complexity index is 400. The number of amides is 1. The van der Waals surface area contributed by atoms with Crippen molar-refractivity contribution >= 4 is 35.2 Å². The number of likely N-dealkylation sites (N-methyl/N-ethyl adjacent to an activating group) is 1. The molecule has 0 saturated heterocycles. The minimum atomic E-state index is -0.0824. The normalized spacial score (nSPS) is 10.7. The molecule has 0 spiro atoms. The summed E-state index contributed by atoms with van der Waals surface area (Å²) < 4.78 is 0. The number of nitrogens with zero attached hydrogens (tertiary/aromatic N) is 1. The molecule has 0 aliphatic rings. The van der Waals surface area contributed by atoms with Gasteiger partial charge >= 0.3 is 0 Å². The van der Waals surface area contributed by atoms with Crippen LogP contribution in [0.25, 0.3) is 6.08 Å². The standard InChI is InChI=1S/C11H11Cl2NO/c1-14(2)11(15)6-4-8-3-5-9(12)7-10(8)13/h3-7H,1-2H3. The van der Waals surface area contributed by atoms with Gasteiger partial charge in [-0.05, 0) is 23.8 Å². The van der Waals surface area contributed by atoms with Crippen LogP contribution in [0.1, 0.15) is 5.56 Å². The molecule has 0 fully saturated rings. The van der Waals surface area contributed by atoms with E-state index in [1.54, 1.807) is 38.4 Å². The predicted molar refractivity (Wildman–Crippen MR) is 64.2 cm³/mol. The lowest BCUT2D eigenvalue weighted by molar-refractivity contribution is -0.123. The van der Waals surface area contributed by atoms with Gasteiger partial charge in [-0.25, -0.2) is 0 Å². The molecule has 4 heteroatoms. The first kappa shape index (κ1) is 12.1. The summed E-state index contributed by atoms with van der Waals surface area (Å²) in [6.45, 7) is 0. The van der Waals surface area contributed by atoms with Crippen molar-refractivity contribution < 1.29 is 4.79 Å². The van der Waals surface area contributed by atoms with Crippen LogP contribution >= 0.6 is 23.2 Å². The molecule has 0 unspecified atom stereocenters. The summed E-state index contributed by atoms with van der Waals surface area (Å²) in [6, 6.07) is 5.14. The van der Waals surface area contributed by atoms with Crippen LogP contribution in [0, 0.1) is 0 Å². The summed E-state index contributed by atoms with van der Waals surface area (Å²) in [4.78, 5) is 12.8. The fourth-order valence-electron chi connectivity index (χ4n) is 0.947. The Morgan fingerprint density at radius 3 is 2.53 bits per heavy atom. The second kappa shape index (κ2) is 5.19. The molecule has 15 heavy (non-hydrogen) atoms. The number of halogens is 2. The lowest BCUT2D eigenvalue weighted by Gasteiger charge is -2.05. The molecule has 80 valence electrons. The molecule has 0 N–H and O–H groups in total. The highest BCUT2D eigenvalue weighted by Crippen LogP contribution is 2.21. The molecule has 0 atom stereocenters. The van der Waals surface area contributed by atoms with Crippen molar-refractivity contribution in [3.63, 3.8) is 0 Å². The van der Waals surface area contributed by atoms with Gasteiger partial charge in [0.2, 0.25) is 5.91 Å². The third-order valence-electron chi connectivity index (χ3n) is 1.81. The molecule has 0 radical (unpaired) electrons. The van der Waals surface area contributed by atoms with E-state index in [0.29, 0.717) is 10.0 Å². The van der Waals surface area contributed by atoms with Crippen molar-refractivity contribution in [1.82, 2.24) is 4.90 Å². The molecule has 0 aliphatic carbocycles. The van der Waals surface area contributed by atoms with Crippen molar-refractivity contribution in [2.75, 3.05) is 14.1 Å². The predicted octanol–water partition coefficient (Wildman–Crippen LogP) is 3.09. The van der Waals surface area contributed by atoms with Gasteiger partial charge in [-0.3, -0.25) is 4.79 Å². The van der Waals surface area contributed by atoms with E-state index in [-0.39, 0.29) is 5.91 Å². The zero-order chi connectivity index (χ0) is 11.4. The van der Waals surface area contributed by atoms with E-state index in [1.807, 2.05) is 0 Å². The highest BCUT2D eigenvalue weighted by molar-refractivity contribution is 6.35. The van der Waals surface area contributed by atoms with Gasteiger partial charge in [0.05, 0.1) is 0 Å². The maximum Gasteiger partial charge on any atom is 0.246 e. The van der Waals surface area contributed by atoms with Crippen molar-refractivity contribution in [3.8, 4) is 0 Å². The minimum absolute atomic E-state index is 0.0824. The average Bonchev–Trinajstić information content (AvgIpc) is 2.15. The fourth-order valence-corrected chi connectivity index (χ4v) is 1.42. The smallest absolute Gasteiger partial charge is 0.246 e. The van der Waals surface area contributed by atoms with Gasteiger partial charge in [0.15, 0.2) is 0 Å². The van der Waals surface area contributed by atoms with Crippen LogP contribution in [0.2, 0.25) is 10.0 Å². The highest BCUT2D eigenvalue weighted by atomic mass is 35.5. The van der Waals surface area contributed by atoms with Gasteiger partial charge < -0.3 is 4.90 Å².